The second-order valence-electron chi connectivity index (χ2n) is 18.7. The summed E-state index contributed by atoms with van der Waals surface area (Å²) in [4.78, 5) is 29.4. The van der Waals surface area contributed by atoms with Crippen LogP contribution in [0.5, 0.6) is 40.2 Å². The summed E-state index contributed by atoms with van der Waals surface area (Å²) in [6.07, 6.45) is 19.3. The van der Waals surface area contributed by atoms with Crippen LogP contribution in [0, 0.1) is 11.8 Å². The monoisotopic (exact) mass is 878 g/mol. The van der Waals surface area contributed by atoms with E-state index in [1.807, 2.05) is 48.5 Å². The first-order chi connectivity index (χ1) is 31.6. The van der Waals surface area contributed by atoms with Crippen molar-refractivity contribution in [2.75, 3.05) is 17.7 Å². The fraction of sp³-hybridized carbons (Fsp3) is 0.429. The lowest BCUT2D eigenvalue weighted by atomic mass is 9.77. The molecule has 3 aliphatic rings. The van der Waals surface area contributed by atoms with E-state index in [2.05, 4.69) is 50.4 Å². The Bertz CT molecular complexity index is 2430. The molecule has 0 heterocycles. The first-order valence-electron chi connectivity index (χ1n) is 24.4. The predicted molar refractivity (Wildman–Crippen MR) is 259 cm³/mol. The highest BCUT2D eigenvalue weighted by Crippen LogP contribution is 2.50. The van der Waals surface area contributed by atoms with Crippen molar-refractivity contribution in [3.8, 4) is 40.2 Å². The van der Waals surface area contributed by atoms with E-state index in [0.29, 0.717) is 41.4 Å². The van der Waals surface area contributed by atoms with E-state index < -0.39 is 23.1 Å². The number of aromatic hydroxyl groups is 2. The fourth-order valence-electron chi connectivity index (χ4n) is 10.3. The summed E-state index contributed by atoms with van der Waals surface area (Å²) in [5.41, 5.74) is 8.92. The molecule has 2 fully saturated rings. The van der Waals surface area contributed by atoms with Crippen molar-refractivity contribution in [2.45, 2.75) is 135 Å². The fourth-order valence-corrected chi connectivity index (χ4v) is 10.3. The lowest BCUT2D eigenvalue weighted by molar-refractivity contribution is 0.0974. The molecule has 0 aromatic heterocycles. The number of phenolic OH excluding ortho intramolecular Hbond substituents is 2. The van der Waals surface area contributed by atoms with Gasteiger partial charge in [-0.05, 0) is 141 Å². The molecule has 8 rings (SSSR count). The number of nitrogens with one attached hydrogen (secondary N) is 1. The van der Waals surface area contributed by atoms with Gasteiger partial charge in [0.25, 0.3) is 0 Å². The summed E-state index contributed by atoms with van der Waals surface area (Å²) in [7, 11) is 0. The van der Waals surface area contributed by atoms with Crippen molar-refractivity contribution >= 4 is 28.6 Å². The minimum atomic E-state index is -0.724. The Labute approximate surface area is 384 Å². The van der Waals surface area contributed by atoms with Crippen molar-refractivity contribution in [1.29, 1.82) is 0 Å². The third kappa shape index (κ3) is 10.3. The molecule has 5 N–H and O–H groups in total. The maximum atomic E-state index is 14.8. The predicted octanol–water partition coefficient (Wildman–Crippen LogP) is 14.9. The van der Waals surface area contributed by atoms with Gasteiger partial charge in [0.15, 0.2) is 23.0 Å². The molecule has 0 saturated heterocycles. The Kier molecular flexibility index (Phi) is 14.7. The van der Waals surface area contributed by atoms with Crippen LogP contribution in [0.2, 0.25) is 0 Å². The molecule has 342 valence electrons. The number of nitrogen functional groups attached to an aromatic ring is 1. The van der Waals surface area contributed by atoms with Crippen LogP contribution in [-0.4, -0.2) is 28.4 Å². The zero-order valence-electron chi connectivity index (χ0n) is 38.4. The van der Waals surface area contributed by atoms with Crippen molar-refractivity contribution in [3.05, 3.63) is 118 Å². The molecule has 0 spiro atoms. The second-order valence-corrected chi connectivity index (χ2v) is 18.7. The number of nitrogens with two attached hydrogens (primary N) is 1. The van der Waals surface area contributed by atoms with E-state index in [0.717, 1.165) is 37.5 Å². The van der Waals surface area contributed by atoms with Crippen LogP contribution in [0.1, 0.15) is 178 Å². The van der Waals surface area contributed by atoms with Gasteiger partial charge in [-0.25, -0.2) is 0 Å². The average Bonchev–Trinajstić information content (AvgIpc) is 3.33. The van der Waals surface area contributed by atoms with Gasteiger partial charge in [0.2, 0.25) is 11.6 Å². The standard InChI is InChI=1S/C56H66N2O7/c1-4-7-10-35-12-16-37(17-13-35)39-20-26-43(27-21-39)64-47-33-45(57)49-51(53(47)59)56(62)50-46(58-41-24-30-42(31-25-41)63-32-9-6-3)34-48(54(60)52(50)55(49)61)65-44-28-22-40(23-29-44)38-18-14-36(15-19-38)11-8-5-2/h20-31,33-38,58-60H,4-19,32,57H2,1-3H3. The van der Waals surface area contributed by atoms with Gasteiger partial charge in [-0.2, -0.15) is 0 Å². The number of unbranched alkanes of at least 4 members (excludes halogenated alkanes) is 3. The molecule has 5 aromatic carbocycles. The summed E-state index contributed by atoms with van der Waals surface area (Å²) in [6.45, 7) is 7.20. The Hall–Kier alpha value is -5.96. The average molecular weight is 879 g/mol. The lowest BCUT2D eigenvalue weighted by Crippen LogP contribution is -2.24. The Morgan fingerprint density at radius 1 is 0.554 bits per heavy atom. The number of carbonyl (C=O) groups excluding carboxylic acids is 2. The SMILES string of the molecule is CCCCOc1ccc(Nc2cc(Oc3ccc(C4CCC(CCCC)CC4)cc3)c(O)c3c2C(=O)c2c(O)c(Oc4ccc(C5CCC(CCCC)CC5)cc4)cc(N)c2C3=O)cc1. The van der Waals surface area contributed by atoms with E-state index >= 15 is 0 Å². The Balaban J connectivity index is 1.07. The number of hydrogen-bond donors (Lipinski definition) is 4. The summed E-state index contributed by atoms with van der Waals surface area (Å²) < 4.78 is 18.4. The number of phenols is 2. The zero-order chi connectivity index (χ0) is 45.5. The van der Waals surface area contributed by atoms with E-state index in [1.54, 1.807) is 0 Å². The van der Waals surface area contributed by atoms with Gasteiger partial charge in [0, 0.05) is 23.5 Å². The summed E-state index contributed by atoms with van der Waals surface area (Å²) >= 11 is 0. The van der Waals surface area contributed by atoms with E-state index in [1.165, 1.54) is 100 Å². The van der Waals surface area contributed by atoms with Gasteiger partial charge in [-0.3, -0.25) is 9.59 Å². The first kappa shape index (κ1) is 45.6. The molecule has 0 atom stereocenters. The lowest BCUT2D eigenvalue weighted by Gasteiger charge is -2.29. The molecular formula is C56H66N2O7. The molecule has 2 saturated carbocycles. The molecular weight excluding hydrogens is 813 g/mol. The van der Waals surface area contributed by atoms with E-state index in [-0.39, 0.29) is 45.1 Å². The van der Waals surface area contributed by atoms with Crippen molar-refractivity contribution < 1.29 is 34.0 Å². The molecule has 5 aromatic rings. The highest BCUT2D eigenvalue weighted by Gasteiger charge is 2.41. The van der Waals surface area contributed by atoms with Gasteiger partial charge in [-0.1, -0.05) is 90.0 Å². The van der Waals surface area contributed by atoms with Gasteiger partial charge in [-0.15, -0.1) is 0 Å². The first-order valence-corrected chi connectivity index (χ1v) is 24.4. The van der Waals surface area contributed by atoms with Gasteiger partial charge >= 0.3 is 0 Å². The number of hydrogen-bond acceptors (Lipinski definition) is 9. The quantitative estimate of drug-likeness (QED) is 0.0377. The summed E-state index contributed by atoms with van der Waals surface area (Å²) in [6, 6.07) is 25.9. The van der Waals surface area contributed by atoms with Crippen LogP contribution in [0.15, 0.2) is 84.9 Å². The molecule has 9 heteroatoms. The number of anilines is 3. The Morgan fingerprint density at radius 3 is 1.49 bits per heavy atom. The molecule has 0 radical (unpaired) electrons. The maximum Gasteiger partial charge on any atom is 0.200 e. The summed E-state index contributed by atoms with van der Waals surface area (Å²) in [5, 5.41) is 27.0. The van der Waals surface area contributed by atoms with Gasteiger partial charge < -0.3 is 35.5 Å². The third-order valence-electron chi connectivity index (χ3n) is 14.2. The molecule has 0 unspecified atom stereocenters. The number of carbonyl (C=O) groups is 2. The highest BCUT2D eigenvalue weighted by atomic mass is 16.5. The van der Waals surface area contributed by atoms with Crippen LogP contribution in [-0.2, 0) is 0 Å². The van der Waals surface area contributed by atoms with Gasteiger partial charge in [0.05, 0.1) is 34.5 Å². The molecule has 65 heavy (non-hydrogen) atoms. The third-order valence-corrected chi connectivity index (χ3v) is 14.2. The topological polar surface area (TPSA) is 140 Å². The number of ether oxygens (including phenoxy) is 3. The van der Waals surface area contributed by atoms with Crippen LogP contribution in [0.25, 0.3) is 0 Å². The second kappa shape index (κ2) is 20.9. The highest BCUT2D eigenvalue weighted by molar-refractivity contribution is 6.34. The maximum absolute atomic E-state index is 14.8. The normalized spacial score (nSPS) is 19.3. The number of fused-ring (bicyclic) bond motifs is 2. The molecule has 0 bridgehead atoms. The molecule has 9 nitrogen and oxygen atoms in total. The van der Waals surface area contributed by atoms with E-state index in [4.69, 9.17) is 19.9 Å². The minimum Gasteiger partial charge on any atom is -0.504 e. The zero-order valence-corrected chi connectivity index (χ0v) is 38.4. The smallest absolute Gasteiger partial charge is 0.200 e. The molecule has 3 aliphatic carbocycles. The van der Waals surface area contributed by atoms with Crippen LogP contribution in [0.3, 0.4) is 0 Å². The van der Waals surface area contributed by atoms with Crippen molar-refractivity contribution in [2.24, 2.45) is 11.8 Å². The van der Waals surface area contributed by atoms with Crippen LogP contribution in [0.4, 0.5) is 17.1 Å². The van der Waals surface area contributed by atoms with Crippen LogP contribution < -0.4 is 25.3 Å². The molecule has 0 aliphatic heterocycles. The van der Waals surface area contributed by atoms with Crippen molar-refractivity contribution in [3.63, 3.8) is 0 Å². The van der Waals surface area contributed by atoms with Crippen LogP contribution >= 0.6 is 0 Å². The van der Waals surface area contributed by atoms with Crippen molar-refractivity contribution in [1.82, 2.24) is 0 Å². The number of ketones is 2. The number of benzene rings is 5. The Morgan fingerprint density at radius 2 is 1.00 bits per heavy atom. The summed E-state index contributed by atoms with van der Waals surface area (Å²) in [5.74, 6) is 1.73. The van der Waals surface area contributed by atoms with Gasteiger partial charge in [0.1, 0.15) is 17.2 Å². The molecule has 0 amide bonds. The minimum absolute atomic E-state index is 0.0183. The van der Waals surface area contributed by atoms with E-state index in [9.17, 15) is 19.8 Å². The largest absolute Gasteiger partial charge is 0.504 e. The number of rotatable bonds is 18.